The third-order valence-corrected chi connectivity index (χ3v) is 3.56. The van der Waals surface area contributed by atoms with Gasteiger partial charge in [-0.15, -0.1) is 0 Å². The molecule has 0 unspecified atom stereocenters. The zero-order chi connectivity index (χ0) is 12.7. The van der Waals surface area contributed by atoms with Gasteiger partial charge in [-0.2, -0.15) is 0 Å². The molecule has 0 bridgehead atoms. The average Bonchev–Trinajstić information content (AvgIpc) is 2.03. The van der Waals surface area contributed by atoms with Gasteiger partial charge in [-0.1, -0.05) is 6.92 Å². The topological polar surface area (TPSA) is 35.6 Å². The van der Waals surface area contributed by atoms with Gasteiger partial charge in [-0.05, 0) is 27.3 Å². The second-order valence-electron chi connectivity index (χ2n) is 6.75. The highest BCUT2D eigenvalue weighted by Gasteiger charge is 2.51. The number of amides is 1. The molecule has 2 aliphatic rings. The molecule has 0 aromatic rings. The Morgan fingerprint density at radius 3 is 2.18 bits per heavy atom. The van der Waals surface area contributed by atoms with E-state index in [1.165, 1.54) is 13.1 Å². The van der Waals surface area contributed by atoms with Crippen molar-refractivity contribution >= 4 is 5.91 Å². The summed E-state index contributed by atoms with van der Waals surface area (Å²) in [5, 5.41) is 3.01. The van der Waals surface area contributed by atoms with Crippen LogP contribution in [-0.4, -0.2) is 60.5 Å². The molecule has 0 radical (unpaired) electrons. The first-order chi connectivity index (χ1) is 7.82. The number of hydrogen-bond acceptors (Lipinski definition) is 3. The molecular weight excluding hydrogens is 214 g/mol. The van der Waals surface area contributed by atoms with Gasteiger partial charge >= 0.3 is 0 Å². The maximum Gasteiger partial charge on any atom is 0.234 e. The molecule has 0 aromatic carbocycles. The van der Waals surface area contributed by atoms with Gasteiger partial charge < -0.3 is 10.2 Å². The molecule has 4 nitrogen and oxygen atoms in total. The monoisotopic (exact) mass is 239 g/mol. The van der Waals surface area contributed by atoms with Gasteiger partial charge in [0.25, 0.3) is 0 Å². The lowest BCUT2D eigenvalue weighted by atomic mass is 9.73. The van der Waals surface area contributed by atoms with Crippen molar-refractivity contribution in [3.63, 3.8) is 0 Å². The van der Waals surface area contributed by atoms with Crippen molar-refractivity contribution in [2.24, 2.45) is 5.41 Å². The fourth-order valence-electron chi connectivity index (χ4n) is 3.00. The van der Waals surface area contributed by atoms with E-state index in [4.69, 9.17) is 0 Å². The molecule has 0 aromatic heterocycles. The van der Waals surface area contributed by atoms with Crippen molar-refractivity contribution in [2.45, 2.75) is 33.2 Å². The van der Waals surface area contributed by atoms with Crippen LogP contribution in [0.1, 0.15) is 27.7 Å². The van der Waals surface area contributed by atoms with Gasteiger partial charge in [0.1, 0.15) is 0 Å². The standard InChI is InChI=1S/C13H25N3O/c1-5-15-7-13(8-15)9-16(10-13)6-11(17)14-12(2,3)4/h5-10H2,1-4H3,(H,14,17). The largest absolute Gasteiger partial charge is 0.350 e. The van der Waals surface area contributed by atoms with E-state index >= 15 is 0 Å². The first kappa shape index (κ1) is 12.8. The Balaban J connectivity index is 1.66. The summed E-state index contributed by atoms with van der Waals surface area (Å²) in [5.41, 5.74) is 0.410. The Kier molecular flexibility index (Phi) is 3.21. The van der Waals surface area contributed by atoms with E-state index in [-0.39, 0.29) is 11.4 Å². The van der Waals surface area contributed by atoms with Crippen molar-refractivity contribution in [1.29, 1.82) is 0 Å². The predicted molar refractivity (Wildman–Crippen MR) is 68.9 cm³/mol. The summed E-state index contributed by atoms with van der Waals surface area (Å²) in [5.74, 6) is 0.152. The Morgan fingerprint density at radius 1 is 1.18 bits per heavy atom. The lowest BCUT2D eigenvalue weighted by molar-refractivity contribution is -0.137. The molecule has 0 saturated carbocycles. The zero-order valence-corrected chi connectivity index (χ0v) is 11.5. The van der Waals surface area contributed by atoms with E-state index in [0.29, 0.717) is 12.0 Å². The minimum Gasteiger partial charge on any atom is -0.350 e. The van der Waals surface area contributed by atoms with E-state index in [2.05, 4.69) is 22.0 Å². The summed E-state index contributed by atoms with van der Waals surface area (Å²) >= 11 is 0. The lowest BCUT2D eigenvalue weighted by Crippen LogP contribution is -2.72. The van der Waals surface area contributed by atoms with Crippen LogP contribution in [0.25, 0.3) is 0 Å². The lowest BCUT2D eigenvalue weighted by Gasteiger charge is -2.60. The van der Waals surface area contributed by atoms with Gasteiger partial charge in [0, 0.05) is 37.1 Å². The van der Waals surface area contributed by atoms with Gasteiger partial charge in [0.2, 0.25) is 5.91 Å². The second-order valence-corrected chi connectivity index (χ2v) is 6.75. The molecule has 0 atom stereocenters. The van der Waals surface area contributed by atoms with Crippen LogP contribution in [0.15, 0.2) is 0 Å². The SMILES string of the molecule is CCN1CC2(C1)CN(CC(=O)NC(C)(C)C)C2. The maximum absolute atomic E-state index is 11.7. The molecule has 1 amide bonds. The molecule has 0 aliphatic carbocycles. The van der Waals surface area contributed by atoms with Crippen LogP contribution in [0, 0.1) is 5.41 Å². The summed E-state index contributed by atoms with van der Waals surface area (Å²) in [6, 6.07) is 0. The molecule has 98 valence electrons. The Bertz CT molecular complexity index is 294. The van der Waals surface area contributed by atoms with Gasteiger partial charge in [0.15, 0.2) is 0 Å². The van der Waals surface area contributed by atoms with E-state index in [1.807, 2.05) is 20.8 Å². The van der Waals surface area contributed by atoms with Gasteiger partial charge in [0.05, 0.1) is 6.54 Å². The Labute approximate surface area is 104 Å². The summed E-state index contributed by atoms with van der Waals surface area (Å²) < 4.78 is 0. The van der Waals surface area contributed by atoms with Crippen LogP contribution >= 0.6 is 0 Å². The predicted octanol–water partition coefficient (Wildman–Crippen LogP) is 0.539. The molecule has 2 fully saturated rings. The first-order valence-corrected chi connectivity index (χ1v) is 6.58. The third kappa shape index (κ3) is 2.99. The minimum absolute atomic E-state index is 0.116. The normalized spacial score (nSPS) is 24.2. The molecule has 1 spiro atoms. The fourth-order valence-corrected chi connectivity index (χ4v) is 3.00. The maximum atomic E-state index is 11.7. The summed E-state index contributed by atoms with van der Waals surface area (Å²) in [7, 11) is 0. The van der Waals surface area contributed by atoms with Crippen molar-refractivity contribution in [3.05, 3.63) is 0 Å². The van der Waals surface area contributed by atoms with E-state index < -0.39 is 0 Å². The number of nitrogens with zero attached hydrogens (tertiary/aromatic N) is 2. The van der Waals surface area contributed by atoms with Crippen LogP contribution in [0.2, 0.25) is 0 Å². The van der Waals surface area contributed by atoms with Crippen LogP contribution in [0.3, 0.4) is 0 Å². The molecule has 17 heavy (non-hydrogen) atoms. The second kappa shape index (κ2) is 4.25. The Morgan fingerprint density at radius 2 is 1.71 bits per heavy atom. The van der Waals surface area contributed by atoms with Crippen LogP contribution in [0.4, 0.5) is 0 Å². The Hall–Kier alpha value is -0.610. The molecular formula is C13H25N3O. The van der Waals surface area contributed by atoms with Crippen molar-refractivity contribution in [1.82, 2.24) is 15.1 Å². The molecule has 1 N–H and O–H groups in total. The summed E-state index contributed by atoms with van der Waals surface area (Å²) in [4.78, 5) is 16.5. The number of carbonyl (C=O) groups is 1. The molecule has 2 rings (SSSR count). The number of carbonyl (C=O) groups excluding carboxylic acids is 1. The fraction of sp³-hybridized carbons (Fsp3) is 0.923. The smallest absolute Gasteiger partial charge is 0.234 e. The highest BCUT2D eigenvalue weighted by atomic mass is 16.2. The van der Waals surface area contributed by atoms with Crippen molar-refractivity contribution < 1.29 is 4.79 Å². The van der Waals surface area contributed by atoms with E-state index in [0.717, 1.165) is 19.6 Å². The number of likely N-dealkylation sites (tertiary alicyclic amines) is 2. The van der Waals surface area contributed by atoms with E-state index in [9.17, 15) is 4.79 Å². The highest BCUT2D eigenvalue weighted by Crippen LogP contribution is 2.38. The number of rotatable bonds is 3. The van der Waals surface area contributed by atoms with Gasteiger partial charge in [-0.3, -0.25) is 9.69 Å². The van der Waals surface area contributed by atoms with Crippen LogP contribution in [-0.2, 0) is 4.79 Å². The van der Waals surface area contributed by atoms with Crippen molar-refractivity contribution in [3.8, 4) is 0 Å². The first-order valence-electron chi connectivity index (χ1n) is 6.58. The van der Waals surface area contributed by atoms with Crippen LogP contribution < -0.4 is 5.32 Å². The molecule has 4 heteroatoms. The van der Waals surface area contributed by atoms with E-state index in [1.54, 1.807) is 0 Å². The quantitative estimate of drug-likeness (QED) is 0.781. The third-order valence-electron chi connectivity index (χ3n) is 3.56. The van der Waals surface area contributed by atoms with Gasteiger partial charge in [-0.25, -0.2) is 0 Å². The summed E-state index contributed by atoms with van der Waals surface area (Å²) in [6.07, 6.45) is 0. The van der Waals surface area contributed by atoms with Crippen LogP contribution in [0.5, 0.6) is 0 Å². The molecule has 2 heterocycles. The summed E-state index contributed by atoms with van der Waals surface area (Å²) in [6.45, 7) is 14.6. The molecule has 2 aliphatic heterocycles. The minimum atomic E-state index is -0.116. The van der Waals surface area contributed by atoms with Crippen molar-refractivity contribution in [2.75, 3.05) is 39.3 Å². The number of nitrogens with one attached hydrogen (secondary N) is 1. The average molecular weight is 239 g/mol. The molecule has 2 saturated heterocycles. The highest BCUT2D eigenvalue weighted by molar-refractivity contribution is 5.78. The zero-order valence-electron chi connectivity index (χ0n) is 11.5. The number of hydrogen-bond donors (Lipinski definition) is 1.